The Morgan fingerprint density at radius 2 is 1.85 bits per heavy atom. The molecule has 0 saturated carbocycles. The van der Waals surface area contributed by atoms with Gasteiger partial charge in [-0.2, -0.15) is 0 Å². The number of rotatable bonds is 8. The van der Waals surface area contributed by atoms with E-state index in [9.17, 15) is 17.6 Å². The van der Waals surface area contributed by atoms with Crippen LogP contribution in [0.25, 0.3) is 6.08 Å². The highest BCUT2D eigenvalue weighted by molar-refractivity contribution is 9.10. The Kier molecular flexibility index (Phi) is 7.85. The van der Waals surface area contributed by atoms with Gasteiger partial charge in [0.2, 0.25) is 15.9 Å². The predicted octanol–water partition coefficient (Wildman–Crippen LogP) is 4.48. The van der Waals surface area contributed by atoms with Gasteiger partial charge in [0.15, 0.2) is 11.5 Å². The molecule has 0 bridgehead atoms. The smallest absolute Gasteiger partial charge is 0.248 e. The van der Waals surface area contributed by atoms with Crippen LogP contribution in [-0.2, 0) is 21.4 Å². The average molecular weight is 535 g/mol. The van der Waals surface area contributed by atoms with E-state index in [1.165, 1.54) is 43.5 Å². The lowest BCUT2D eigenvalue weighted by atomic mass is 10.1. The maximum Gasteiger partial charge on any atom is 0.248 e. The lowest BCUT2D eigenvalue weighted by Gasteiger charge is -2.14. The fourth-order valence-corrected chi connectivity index (χ4v) is 3.91. The van der Waals surface area contributed by atoms with Crippen LogP contribution < -0.4 is 19.9 Å². The maximum atomic E-state index is 13.8. The predicted molar refractivity (Wildman–Crippen MR) is 127 cm³/mol. The van der Waals surface area contributed by atoms with Crippen LogP contribution in [0.1, 0.15) is 11.1 Å². The molecule has 1 amide bonds. The fraction of sp³-hybridized carbons (Fsp3) is 0.0870. The van der Waals surface area contributed by atoms with E-state index in [4.69, 9.17) is 14.6 Å². The van der Waals surface area contributed by atoms with Crippen LogP contribution in [-0.4, -0.2) is 21.4 Å². The van der Waals surface area contributed by atoms with Crippen LogP contribution in [0.5, 0.6) is 11.5 Å². The summed E-state index contributed by atoms with van der Waals surface area (Å²) in [7, 11) is -2.33. The first-order chi connectivity index (χ1) is 15.7. The summed E-state index contributed by atoms with van der Waals surface area (Å²) in [6.07, 6.45) is 2.89. The molecule has 0 radical (unpaired) electrons. The van der Waals surface area contributed by atoms with Crippen molar-refractivity contribution in [2.75, 3.05) is 12.4 Å². The van der Waals surface area contributed by atoms with Crippen molar-refractivity contribution in [3.05, 3.63) is 88.2 Å². The number of benzene rings is 3. The van der Waals surface area contributed by atoms with E-state index in [1.807, 2.05) is 0 Å². The van der Waals surface area contributed by atoms with Gasteiger partial charge >= 0.3 is 0 Å². The highest BCUT2D eigenvalue weighted by Crippen LogP contribution is 2.37. The van der Waals surface area contributed by atoms with Gasteiger partial charge in [0.1, 0.15) is 12.4 Å². The Morgan fingerprint density at radius 1 is 1.15 bits per heavy atom. The average Bonchev–Trinajstić information content (AvgIpc) is 2.77. The Labute approximate surface area is 199 Å². The molecule has 3 aromatic rings. The van der Waals surface area contributed by atoms with Gasteiger partial charge < -0.3 is 14.8 Å². The number of sulfonamides is 1. The molecule has 7 nitrogen and oxygen atoms in total. The normalized spacial score (nSPS) is 11.4. The number of carbonyl (C=O) groups excluding carboxylic acids is 1. The van der Waals surface area contributed by atoms with Crippen LogP contribution in [0.2, 0.25) is 0 Å². The highest BCUT2D eigenvalue weighted by atomic mass is 79.9. The first-order valence-electron chi connectivity index (χ1n) is 9.53. The number of nitrogens with two attached hydrogens (primary N) is 1. The van der Waals surface area contributed by atoms with Crippen molar-refractivity contribution in [3.63, 3.8) is 0 Å². The fourth-order valence-electron chi connectivity index (χ4n) is 2.83. The molecular weight excluding hydrogens is 515 g/mol. The number of ether oxygens (including phenoxy) is 2. The zero-order valence-electron chi connectivity index (χ0n) is 17.4. The van der Waals surface area contributed by atoms with Gasteiger partial charge in [0.25, 0.3) is 0 Å². The third-order valence-corrected chi connectivity index (χ3v) is 5.98. The molecule has 3 aromatic carbocycles. The van der Waals surface area contributed by atoms with Gasteiger partial charge in [-0.15, -0.1) is 0 Å². The molecule has 0 aliphatic heterocycles. The number of hydrogen-bond acceptors (Lipinski definition) is 5. The number of amides is 1. The quantitative estimate of drug-likeness (QED) is 0.414. The van der Waals surface area contributed by atoms with Crippen LogP contribution in [0, 0.1) is 5.82 Å². The van der Waals surface area contributed by atoms with Crippen LogP contribution in [0.4, 0.5) is 10.1 Å². The van der Waals surface area contributed by atoms with Crippen molar-refractivity contribution in [1.29, 1.82) is 0 Å². The SMILES string of the molecule is COc1cc(/C=C/C(=O)Nc2ccc(S(N)(=O)=O)cc2)cc(Br)c1OCc1ccccc1F. The third kappa shape index (κ3) is 6.64. The van der Waals surface area contributed by atoms with Crippen molar-refractivity contribution in [1.82, 2.24) is 0 Å². The van der Waals surface area contributed by atoms with Gasteiger partial charge in [-0.1, -0.05) is 18.2 Å². The first kappa shape index (κ1) is 24.4. The number of primary sulfonamides is 1. The zero-order chi connectivity index (χ0) is 24.0. The van der Waals surface area contributed by atoms with Crippen molar-refractivity contribution in [2.45, 2.75) is 11.5 Å². The summed E-state index contributed by atoms with van der Waals surface area (Å²) >= 11 is 3.42. The molecule has 0 saturated heterocycles. The molecule has 0 atom stereocenters. The number of methoxy groups -OCH3 is 1. The van der Waals surface area contributed by atoms with Crippen molar-refractivity contribution in [3.8, 4) is 11.5 Å². The maximum absolute atomic E-state index is 13.8. The molecule has 33 heavy (non-hydrogen) atoms. The largest absolute Gasteiger partial charge is 0.493 e. The summed E-state index contributed by atoms with van der Waals surface area (Å²) in [5, 5.41) is 7.68. The molecule has 0 aliphatic rings. The molecule has 3 rings (SSSR count). The van der Waals surface area contributed by atoms with E-state index in [0.717, 1.165) is 0 Å². The Morgan fingerprint density at radius 3 is 2.48 bits per heavy atom. The third-order valence-electron chi connectivity index (χ3n) is 4.46. The second kappa shape index (κ2) is 10.6. The molecular formula is C23H20BrFN2O5S. The van der Waals surface area contributed by atoms with Crippen LogP contribution >= 0.6 is 15.9 Å². The number of halogens is 2. The van der Waals surface area contributed by atoms with Crippen molar-refractivity contribution in [2.24, 2.45) is 5.14 Å². The molecule has 0 aromatic heterocycles. The molecule has 0 unspecified atom stereocenters. The highest BCUT2D eigenvalue weighted by Gasteiger charge is 2.13. The minimum absolute atomic E-state index is 0.0173. The second-order valence-electron chi connectivity index (χ2n) is 6.81. The number of hydrogen-bond donors (Lipinski definition) is 2. The Bertz CT molecular complexity index is 1290. The lowest BCUT2D eigenvalue weighted by molar-refractivity contribution is -0.111. The van der Waals surface area contributed by atoms with Gasteiger partial charge in [-0.05, 0) is 70.0 Å². The summed E-state index contributed by atoms with van der Waals surface area (Å²) in [6, 6.07) is 15.2. The summed E-state index contributed by atoms with van der Waals surface area (Å²) in [6.45, 7) is 0.0173. The van der Waals surface area contributed by atoms with Gasteiger partial charge in [0, 0.05) is 17.3 Å². The molecule has 0 aliphatic carbocycles. The van der Waals surface area contributed by atoms with E-state index in [2.05, 4.69) is 21.2 Å². The molecule has 0 spiro atoms. The van der Waals surface area contributed by atoms with E-state index in [1.54, 1.807) is 36.4 Å². The zero-order valence-corrected chi connectivity index (χ0v) is 19.8. The Balaban J connectivity index is 1.69. The van der Waals surface area contributed by atoms with Crippen molar-refractivity contribution >= 4 is 43.6 Å². The number of anilines is 1. The first-order valence-corrected chi connectivity index (χ1v) is 11.9. The monoisotopic (exact) mass is 534 g/mol. The summed E-state index contributed by atoms with van der Waals surface area (Å²) in [5.41, 5.74) is 1.47. The molecule has 172 valence electrons. The van der Waals surface area contributed by atoms with Gasteiger partial charge in [0.05, 0.1) is 16.5 Å². The van der Waals surface area contributed by atoms with Crippen molar-refractivity contribution < 1.29 is 27.1 Å². The Hall–Kier alpha value is -3.21. The topological polar surface area (TPSA) is 108 Å². The summed E-state index contributed by atoms with van der Waals surface area (Å²) in [4.78, 5) is 12.2. The van der Waals surface area contributed by atoms with E-state index in [-0.39, 0.29) is 17.3 Å². The van der Waals surface area contributed by atoms with Gasteiger partial charge in [-0.3, -0.25) is 4.79 Å². The molecule has 3 N–H and O–H groups in total. The standard InChI is InChI=1S/C23H20BrFN2O5S/c1-31-21-13-15(12-19(24)23(21)32-14-16-4-2-3-5-20(16)25)6-11-22(28)27-17-7-9-18(10-8-17)33(26,29)30/h2-13H,14H2,1H3,(H,27,28)(H2,26,29,30)/b11-6+. The summed E-state index contributed by atoms with van der Waals surface area (Å²) in [5.74, 6) is 0.0161. The molecule has 0 heterocycles. The van der Waals surface area contributed by atoms with E-state index >= 15 is 0 Å². The number of carbonyl (C=O) groups is 1. The van der Waals surface area contributed by atoms with Gasteiger partial charge in [-0.25, -0.2) is 17.9 Å². The number of nitrogens with one attached hydrogen (secondary N) is 1. The van der Waals surface area contributed by atoms with Crippen LogP contribution in [0.15, 0.2) is 76.1 Å². The molecule has 0 fully saturated rings. The van der Waals surface area contributed by atoms with E-state index in [0.29, 0.717) is 32.8 Å². The minimum atomic E-state index is -3.80. The lowest BCUT2D eigenvalue weighted by Crippen LogP contribution is -2.12. The van der Waals surface area contributed by atoms with Crippen LogP contribution in [0.3, 0.4) is 0 Å². The molecule has 10 heteroatoms. The second-order valence-corrected chi connectivity index (χ2v) is 9.22. The summed E-state index contributed by atoms with van der Waals surface area (Å²) < 4.78 is 48.1. The minimum Gasteiger partial charge on any atom is -0.493 e. The van der Waals surface area contributed by atoms with E-state index < -0.39 is 15.9 Å².